The molecule has 3 amide bonds. The fourth-order valence-corrected chi connectivity index (χ4v) is 5.22. The van der Waals surface area contributed by atoms with Gasteiger partial charge in [-0.1, -0.05) is 6.42 Å². The lowest BCUT2D eigenvalue weighted by Crippen LogP contribution is -2.43. The summed E-state index contributed by atoms with van der Waals surface area (Å²) in [6, 6.07) is 5.35. The van der Waals surface area contributed by atoms with Crippen LogP contribution in [0.15, 0.2) is 18.2 Å². The number of benzene rings is 1. The van der Waals surface area contributed by atoms with Gasteiger partial charge in [0.05, 0.1) is 11.1 Å². The molecule has 0 aliphatic carbocycles. The number of carbonyl (C=O) groups excluding carboxylic acids is 3. The molecule has 2 aromatic rings. The Bertz CT molecular complexity index is 1190. The minimum absolute atomic E-state index is 0.0703. The number of aromatic nitrogens is 1. The van der Waals surface area contributed by atoms with Gasteiger partial charge in [-0.25, -0.2) is 0 Å². The number of fused-ring (bicyclic) bond motifs is 2. The number of anilines is 2. The fourth-order valence-electron chi connectivity index (χ4n) is 5.22. The summed E-state index contributed by atoms with van der Waals surface area (Å²) in [4.78, 5) is 45.3. The second-order valence-electron chi connectivity index (χ2n) is 9.42. The number of aromatic amines is 1. The zero-order chi connectivity index (χ0) is 23.8. The van der Waals surface area contributed by atoms with E-state index in [1.165, 1.54) is 26.2 Å². The largest absolute Gasteiger partial charge is 0.358 e. The molecule has 0 saturated carbocycles. The first-order chi connectivity index (χ1) is 16.4. The van der Waals surface area contributed by atoms with Crippen molar-refractivity contribution in [3.05, 3.63) is 46.3 Å². The lowest BCUT2D eigenvalue weighted by molar-refractivity contribution is -0.114. The van der Waals surface area contributed by atoms with Gasteiger partial charge in [-0.15, -0.1) is 0 Å². The van der Waals surface area contributed by atoms with Crippen molar-refractivity contribution in [3.8, 4) is 0 Å². The number of hydrogen-bond acceptors (Lipinski definition) is 4. The van der Waals surface area contributed by atoms with E-state index in [0.29, 0.717) is 23.5 Å². The van der Waals surface area contributed by atoms with Crippen molar-refractivity contribution in [1.29, 1.82) is 0 Å². The Labute approximate surface area is 199 Å². The number of amides is 3. The van der Waals surface area contributed by atoms with Crippen molar-refractivity contribution in [1.82, 2.24) is 14.8 Å². The van der Waals surface area contributed by atoms with Crippen LogP contribution in [0.4, 0.5) is 11.4 Å². The van der Waals surface area contributed by atoms with Crippen LogP contribution in [0.1, 0.15) is 59.1 Å². The van der Waals surface area contributed by atoms with Crippen molar-refractivity contribution in [2.24, 2.45) is 0 Å². The molecule has 8 heteroatoms. The summed E-state index contributed by atoms with van der Waals surface area (Å²) in [5.41, 5.74) is 5.91. The lowest BCUT2D eigenvalue weighted by Gasteiger charge is -2.32. The third-order valence-electron chi connectivity index (χ3n) is 7.05. The Kier molecular flexibility index (Phi) is 6.00. The van der Waals surface area contributed by atoms with E-state index in [1.807, 2.05) is 17.9 Å². The van der Waals surface area contributed by atoms with Crippen LogP contribution >= 0.6 is 0 Å². The van der Waals surface area contributed by atoms with Gasteiger partial charge in [0.1, 0.15) is 0 Å². The Morgan fingerprint density at radius 1 is 1.12 bits per heavy atom. The third-order valence-corrected chi connectivity index (χ3v) is 7.05. The molecule has 1 fully saturated rings. The second kappa shape index (κ2) is 9.10. The summed E-state index contributed by atoms with van der Waals surface area (Å²) < 4.78 is 0. The molecule has 3 aliphatic heterocycles. The number of hydrogen-bond donors (Lipinski definition) is 3. The average Bonchev–Trinajstić information content (AvgIpc) is 3.30. The van der Waals surface area contributed by atoms with Crippen LogP contribution in [0.2, 0.25) is 0 Å². The molecule has 4 heterocycles. The van der Waals surface area contributed by atoms with Crippen molar-refractivity contribution < 1.29 is 14.4 Å². The van der Waals surface area contributed by atoms with Crippen molar-refractivity contribution >= 4 is 40.7 Å². The molecule has 3 N–H and O–H groups in total. The maximum Gasteiger partial charge on any atom is 0.256 e. The van der Waals surface area contributed by atoms with Gasteiger partial charge in [0.15, 0.2) is 0 Å². The molecular formula is C26H31N5O3. The first-order valence-electron chi connectivity index (χ1n) is 12.1. The van der Waals surface area contributed by atoms with Crippen LogP contribution in [0.5, 0.6) is 0 Å². The summed E-state index contributed by atoms with van der Waals surface area (Å²) in [6.45, 7) is 8.03. The molecule has 8 nitrogen and oxygen atoms in total. The molecule has 178 valence electrons. The maximum atomic E-state index is 13.3. The number of H-pyrrole nitrogens is 1. The molecule has 0 unspecified atom stereocenters. The van der Waals surface area contributed by atoms with E-state index >= 15 is 0 Å². The van der Waals surface area contributed by atoms with Gasteiger partial charge in [0.25, 0.3) is 11.8 Å². The topological polar surface area (TPSA) is 97.5 Å². The van der Waals surface area contributed by atoms with Gasteiger partial charge >= 0.3 is 0 Å². The van der Waals surface area contributed by atoms with Gasteiger partial charge in [0.2, 0.25) is 5.91 Å². The van der Waals surface area contributed by atoms with Crippen LogP contribution in [0.25, 0.3) is 11.6 Å². The van der Waals surface area contributed by atoms with E-state index in [0.717, 1.165) is 60.7 Å². The standard InChI is InChI=1S/C26H31N5O3/c1-16-23(15-20-19-14-18(27-17(2)32)6-7-21(19)29-25(20)33)28-22-8-11-31(26(34)24(16)22)13-12-30-9-4-3-5-10-30/h6-7,14-15,28H,3-5,8-13H2,1-2H3,(H,27,32)(H,29,33)/b20-15-. The third kappa shape index (κ3) is 4.25. The fraction of sp³-hybridized carbons (Fsp3) is 0.423. The molecule has 0 atom stereocenters. The lowest BCUT2D eigenvalue weighted by atomic mass is 10.0. The first kappa shape index (κ1) is 22.4. The Morgan fingerprint density at radius 3 is 2.68 bits per heavy atom. The highest BCUT2D eigenvalue weighted by Crippen LogP contribution is 2.36. The van der Waals surface area contributed by atoms with Gasteiger partial charge in [-0.2, -0.15) is 0 Å². The molecule has 0 radical (unpaired) electrons. The van der Waals surface area contributed by atoms with Crippen molar-refractivity contribution in [3.63, 3.8) is 0 Å². The van der Waals surface area contributed by atoms with Crippen LogP contribution < -0.4 is 10.6 Å². The van der Waals surface area contributed by atoms with E-state index in [1.54, 1.807) is 18.2 Å². The van der Waals surface area contributed by atoms with Gasteiger partial charge < -0.3 is 25.4 Å². The molecule has 1 saturated heterocycles. The summed E-state index contributed by atoms with van der Waals surface area (Å²) in [6.07, 6.45) is 6.39. The predicted octanol–water partition coefficient (Wildman–Crippen LogP) is 3.26. The SMILES string of the molecule is CC(=O)Nc1ccc2c(c1)/C(=C/c1[nH]c3c(c1C)C(=O)N(CCN1CCCCC1)CC3)C(=O)N2. The van der Waals surface area contributed by atoms with Crippen LogP contribution in [0.3, 0.4) is 0 Å². The first-order valence-corrected chi connectivity index (χ1v) is 12.1. The Morgan fingerprint density at radius 2 is 1.91 bits per heavy atom. The van der Waals surface area contributed by atoms with Gasteiger partial charge in [-0.05, 0) is 62.7 Å². The minimum atomic E-state index is -0.198. The van der Waals surface area contributed by atoms with Gasteiger partial charge in [-0.3, -0.25) is 14.4 Å². The monoisotopic (exact) mass is 461 g/mol. The summed E-state index contributed by atoms with van der Waals surface area (Å²) in [7, 11) is 0. The zero-order valence-corrected chi connectivity index (χ0v) is 19.8. The highest BCUT2D eigenvalue weighted by Gasteiger charge is 2.31. The normalized spacial score (nSPS) is 19.2. The van der Waals surface area contributed by atoms with E-state index < -0.39 is 0 Å². The number of nitrogens with one attached hydrogen (secondary N) is 3. The zero-order valence-electron chi connectivity index (χ0n) is 19.8. The minimum Gasteiger partial charge on any atom is -0.358 e. The van der Waals surface area contributed by atoms with Crippen LogP contribution in [0, 0.1) is 6.92 Å². The molecule has 0 spiro atoms. The van der Waals surface area contributed by atoms with Gasteiger partial charge in [0, 0.05) is 61.3 Å². The van der Waals surface area contributed by atoms with E-state index in [-0.39, 0.29) is 17.7 Å². The summed E-state index contributed by atoms with van der Waals surface area (Å²) in [5, 5.41) is 5.64. The molecule has 5 rings (SSSR count). The summed E-state index contributed by atoms with van der Waals surface area (Å²) >= 11 is 0. The highest BCUT2D eigenvalue weighted by atomic mass is 16.2. The predicted molar refractivity (Wildman–Crippen MR) is 133 cm³/mol. The van der Waals surface area contributed by atoms with Crippen molar-refractivity contribution in [2.75, 3.05) is 43.4 Å². The second-order valence-corrected chi connectivity index (χ2v) is 9.42. The van der Waals surface area contributed by atoms with E-state index in [4.69, 9.17) is 0 Å². The van der Waals surface area contributed by atoms with Crippen LogP contribution in [-0.4, -0.2) is 65.2 Å². The van der Waals surface area contributed by atoms with E-state index in [9.17, 15) is 14.4 Å². The van der Waals surface area contributed by atoms with Crippen molar-refractivity contribution in [2.45, 2.75) is 39.5 Å². The molecule has 3 aliphatic rings. The molecular weight excluding hydrogens is 430 g/mol. The number of piperidine rings is 1. The molecule has 1 aromatic heterocycles. The maximum absolute atomic E-state index is 13.3. The Balaban J connectivity index is 1.39. The van der Waals surface area contributed by atoms with E-state index in [2.05, 4.69) is 20.5 Å². The number of likely N-dealkylation sites (tertiary alicyclic amines) is 1. The smallest absolute Gasteiger partial charge is 0.256 e. The number of carbonyl (C=O) groups is 3. The highest BCUT2D eigenvalue weighted by molar-refractivity contribution is 6.35. The average molecular weight is 462 g/mol. The number of nitrogens with zero attached hydrogens (tertiary/aromatic N) is 2. The summed E-state index contributed by atoms with van der Waals surface area (Å²) in [5.74, 6) is -0.295. The Hall–Kier alpha value is -3.39. The number of rotatable bonds is 5. The molecule has 1 aromatic carbocycles. The quantitative estimate of drug-likeness (QED) is 0.596. The van der Waals surface area contributed by atoms with Crippen LogP contribution in [-0.2, 0) is 16.0 Å². The molecule has 0 bridgehead atoms. The molecule has 34 heavy (non-hydrogen) atoms.